The van der Waals surface area contributed by atoms with Gasteiger partial charge >= 0.3 is 0 Å². The van der Waals surface area contributed by atoms with Gasteiger partial charge < -0.3 is 5.32 Å². The summed E-state index contributed by atoms with van der Waals surface area (Å²) in [7, 11) is 0. The molecular weight excluding hydrogens is 280 g/mol. The molecule has 1 aliphatic heterocycles. The Morgan fingerprint density at radius 2 is 1.67 bits per heavy atom. The maximum atomic E-state index is 11.9. The number of hydrogen-bond acceptors (Lipinski definition) is 3. The molecule has 1 aliphatic rings. The van der Waals surface area contributed by atoms with E-state index in [2.05, 4.69) is 10.3 Å². The van der Waals surface area contributed by atoms with E-state index in [9.17, 15) is 4.79 Å². The highest BCUT2D eigenvalue weighted by atomic mass is 32.2. The van der Waals surface area contributed by atoms with E-state index in [1.165, 1.54) is 11.8 Å². The molecule has 0 aromatic heterocycles. The molecule has 0 bridgehead atoms. The van der Waals surface area contributed by atoms with Gasteiger partial charge in [-0.15, -0.1) is 0 Å². The molecule has 4 heteroatoms. The van der Waals surface area contributed by atoms with Crippen molar-refractivity contribution in [1.82, 2.24) is 5.32 Å². The van der Waals surface area contributed by atoms with Crippen LogP contribution in [0.15, 0.2) is 70.6 Å². The van der Waals surface area contributed by atoms with Gasteiger partial charge in [0.2, 0.25) is 0 Å². The van der Waals surface area contributed by atoms with E-state index < -0.39 is 0 Å². The van der Waals surface area contributed by atoms with Crippen molar-refractivity contribution in [2.24, 2.45) is 4.99 Å². The molecule has 1 amide bonds. The van der Waals surface area contributed by atoms with Crippen LogP contribution in [0.1, 0.15) is 11.1 Å². The Labute approximate surface area is 127 Å². The lowest BCUT2D eigenvalue weighted by Crippen LogP contribution is -2.19. The number of amides is 1. The van der Waals surface area contributed by atoms with Crippen molar-refractivity contribution in [1.29, 1.82) is 0 Å². The average Bonchev–Trinajstić information content (AvgIpc) is 2.87. The Morgan fingerprint density at radius 3 is 2.38 bits per heavy atom. The summed E-state index contributed by atoms with van der Waals surface area (Å²) in [4.78, 5) is 17.0. The highest BCUT2D eigenvalue weighted by molar-refractivity contribution is 8.18. The third-order valence-electron chi connectivity index (χ3n) is 3.00. The SMILES string of the molecule is O=C1NC(=NCc2ccccc2)SC1=Cc1ccccc1. The summed E-state index contributed by atoms with van der Waals surface area (Å²) in [5.74, 6) is -0.0873. The lowest BCUT2D eigenvalue weighted by atomic mass is 10.2. The fourth-order valence-corrected chi connectivity index (χ4v) is 2.77. The number of carbonyl (C=O) groups is 1. The number of thioether (sulfide) groups is 1. The second kappa shape index (κ2) is 6.41. The van der Waals surface area contributed by atoms with Gasteiger partial charge in [-0.1, -0.05) is 60.7 Å². The minimum absolute atomic E-state index is 0.0873. The van der Waals surface area contributed by atoms with Gasteiger partial charge in [-0.3, -0.25) is 9.79 Å². The molecule has 1 saturated heterocycles. The third kappa shape index (κ3) is 3.61. The van der Waals surface area contributed by atoms with Crippen LogP contribution in [0.3, 0.4) is 0 Å². The first-order valence-electron chi connectivity index (χ1n) is 6.65. The summed E-state index contributed by atoms with van der Waals surface area (Å²) in [6.45, 7) is 0.571. The summed E-state index contributed by atoms with van der Waals surface area (Å²) in [5, 5.41) is 3.46. The molecule has 3 nitrogen and oxygen atoms in total. The van der Waals surface area contributed by atoms with Crippen LogP contribution in [0.5, 0.6) is 0 Å². The van der Waals surface area contributed by atoms with E-state index in [-0.39, 0.29) is 5.91 Å². The summed E-state index contributed by atoms with van der Waals surface area (Å²) in [6, 6.07) is 19.8. The number of hydrogen-bond donors (Lipinski definition) is 1. The Morgan fingerprint density at radius 1 is 1.00 bits per heavy atom. The van der Waals surface area contributed by atoms with Crippen LogP contribution in [0.25, 0.3) is 6.08 Å². The molecule has 0 spiro atoms. The predicted molar refractivity (Wildman–Crippen MR) is 87.7 cm³/mol. The van der Waals surface area contributed by atoms with Gasteiger partial charge in [0.1, 0.15) is 0 Å². The van der Waals surface area contributed by atoms with Crippen molar-refractivity contribution in [3.63, 3.8) is 0 Å². The monoisotopic (exact) mass is 294 g/mol. The fraction of sp³-hybridized carbons (Fsp3) is 0.0588. The van der Waals surface area contributed by atoms with Crippen LogP contribution in [0, 0.1) is 0 Å². The van der Waals surface area contributed by atoms with Crippen molar-refractivity contribution in [3.8, 4) is 0 Å². The van der Waals surface area contributed by atoms with Crippen LogP contribution in [0.4, 0.5) is 0 Å². The van der Waals surface area contributed by atoms with Crippen LogP contribution in [-0.2, 0) is 11.3 Å². The number of rotatable bonds is 3. The highest BCUT2D eigenvalue weighted by Crippen LogP contribution is 2.26. The van der Waals surface area contributed by atoms with Gasteiger partial charge in [0, 0.05) is 0 Å². The molecule has 1 fully saturated rings. The quantitative estimate of drug-likeness (QED) is 0.881. The number of aliphatic imine (C=N–C) groups is 1. The Bertz CT molecular complexity index is 693. The Kier molecular flexibility index (Phi) is 4.17. The van der Waals surface area contributed by atoms with Crippen molar-refractivity contribution in [2.75, 3.05) is 0 Å². The molecule has 2 aromatic carbocycles. The van der Waals surface area contributed by atoms with E-state index in [1.807, 2.05) is 66.7 Å². The van der Waals surface area contributed by atoms with Gasteiger partial charge in [0.15, 0.2) is 5.17 Å². The zero-order valence-corrected chi connectivity index (χ0v) is 12.1. The molecule has 0 saturated carbocycles. The molecule has 21 heavy (non-hydrogen) atoms. The van der Waals surface area contributed by atoms with Gasteiger partial charge in [0.25, 0.3) is 5.91 Å². The second-order valence-corrected chi connectivity index (χ2v) is 5.61. The maximum Gasteiger partial charge on any atom is 0.264 e. The van der Waals surface area contributed by atoms with Crippen LogP contribution < -0.4 is 5.32 Å². The van der Waals surface area contributed by atoms with Crippen molar-refractivity contribution in [2.45, 2.75) is 6.54 Å². The lowest BCUT2D eigenvalue weighted by molar-refractivity contribution is -0.115. The lowest BCUT2D eigenvalue weighted by Gasteiger charge is -1.96. The first-order valence-corrected chi connectivity index (χ1v) is 7.47. The van der Waals surface area contributed by atoms with Gasteiger partial charge in [-0.2, -0.15) is 0 Å². The zero-order chi connectivity index (χ0) is 14.5. The highest BCUT2D eigenvalue weighted by Gasteiger charge is 2.23. The predicted octanol–water partition coefficient (Wildman–Crippen LogP) is 3.45. The summed E-state index contributed by atoms with van der Waals surface area (Å²) in [6.07, 6.45) is 1.88. The number of nitrogens with zero attached hydrogens (tertiary/aromatic N) is 1. The Balaban J connectivity index is 1.71. The topological polar surface area (TPSA) is 41.5 Å². The average molecular weight is 294 g/mol. The standard InChI is InChI=1S/C17H14N2OS/c20-16-15(11-13-7-3-1-4-8-13)21-17(19-16)18-12-14-9-5-2-6-10-14/h1-11H,12H2,(H,18,19,20). The number of nitrogens with one attached hydrogen (secondary N) is 1. The van der Waals surface area contributed by atoms with E-state index in [4.69, 9.17) is 0 Å². The van der Waals surface area contributed by atoms with Crippen LogP contribution >= 0.6 is 11.8 Å². The zero-order valence-electron chi connectivity index (χ0n) is 11.3. The molecule has 0 atom stereocenters. The van der Waals surface area contributed by atoms with E-state index in [0.717, 1.165) is 11.1 Å². The molecule has 3 rings (SSSR count). The van der Waals surface area contributed by atoms with Crippen molar-refractivity contribution >= 4 is 28.9 Å². The van der Waals surface area contributed by atoms with Gasteiger partial charge in [-0.25, -0.2) is 0 Å². The molecule has 0 radical (unpaired) electrons. The van der Waals surface area contributed by atoms with Crippen LogP contribution in [-0.4, -0.2) is 11.1 Å². The molecule has 2 aromatic rings. The number of carbonyl (C=O) groups excluding carboxylic acids is 1. The summed E-state index contributed by atoms with van der Waals surface area (Å²) in [5.41, 5.74) is 2.14. The van der Waals surface area contributed by atoms with Crippen LogP contribution in [0.2, 0.25) is 0 Å². The van der Waals surface area contributed by atoms with E-state index >= 15 is 0 Å². The number of amidine groups is 1. The van der Waals surface area contributed by atoms with Gasteiger partial charge in [0.05, 0.1) is 11.4 Å². The summed E-state index contributed by atoms with van der Waals surface area (Å²) < 4.78 is 0. The molecule has 1 heterocycles. The van der Waals surface area contributed by atoms with E-state index in [0.29, 0.717) is 16.6 Å². The maximum absolute atomic E-state index is 11.9. The summed E-state index contributed by atoms with van der Waals surface area (Å²) >= 11 is 1.38. The minimum Gasteiger partial charge on any atom is -0.301 e. The molecular formula is C17H14N2OS. The van der Waals surface area contributed by atoms with Gasteiger partial charge in [-0.05, 0) is 29.0 Å². The largest absolute Gasteiger partial charge is 0.301 e. The first-order chi connectivity index (χ1) is 10.3. The van der Waals surface area contributed by atoms with E-state index in [1.54, 1.807) is 0 Å². The van der Waals surface area contributed by atoms with Crippen molar-refractivity contribution < 1.29 is 4.79 Å². The third-order valence-corrected chi connectivity index (χ3v) is 3.94. The molecule has 0 aliphatic carbocycles. The minimum atomic E-state index is -0.0873. The molecule has 0 unspecified atom stereocenters. The fourth-order valence-electron chi connectivity index (χ4n) is 1.95. The molecule has 1 N–H and O–H groups in total. The number of benzene rings is 2. The molecule has 104 valence electrons. The normalized spacial score (nSPS) is 18.2. The second-order valence-electron chi connectivity index (χ2n) is 4.58. The van der Waals surface area contributed by atoms with Crippen molar-refractivity contribution in [3.05, 3.63) is 76.7 Å². The Hall–Kier alpha value is -2.33. The smallest absolute Gasteiger partial charge is 0.264 e. The first kappa shape index (κ1) is 13.6.